The normalized spacial score (nSPS) is 10.1. The molecule has 0 saturated carbocycles. The minimum absolute atomic E-state index is 0.0489. The number of aryl methyl sites for hydroxylation is 1. The Morgan fingerprint density at radius 2 is 1.90 bits per heavy atom. The number of carbonyl (C=O) groups excluding carboxylic acids is 2. The molecule has 0 saturated heterocycles. The van der Waals surface area contributed by atoms with Gasteiger partial charge in [0.05, 0.1) is 5.56 Å². The van der Waals surface area contributed by atoms with E-state index in [4.69, 9.17) is 16.2 Å². The van der Waals surface area contributed by atoms with Crippen LogP contribution in [0.15, 0.2) is 42.5 Å². The lowest BCUT2D eigenvalue weighted by molar-refractivity contribution is 0.0474. The monoisotopic (exact) mass is 284 g/mol. The second kappa shape index (κ2) is 6.09. The summed E-state index contributed by atoms with van der Waals surface area (Å²) < 4.78 is 5.21. The summed E-state index contributed by atoms with van der Waals surface area (Å²) >= 11 is 0. The lowest BCUT2D eigenvalue weighted by Crippen LogP contribution is -2.12. The molecule has 0 aliphatic rings. The van der Waals surface area contributed by atoms with Crippen molar-refractivity contribution >= 4 is 17.6 Å². The van der Waals surface area contributed by atoms with Gasteiger partial charge in [-0.1, -0.05) is 23.8 Å². The summed E-state index contributed by atoms with van der Waals surface area (Å²) in [5.74, 6) is -1.02. The van der Waals surface area contributed by atoms with Crippen LogP contribution in [0.5, 0.6) is 0 Å². The molecule has 0 aliphatic heterocycles. The van der Waals surface area contributed by atoms with Crippen LogP contribution < -0.4 is 11.5 Å². The second-order valence-corrected chi connectivity index (χ2v) is 4.73. The van der Waals surface area contributed by atoms with Gasteiger partial charge in [0, 0.05) is 11.3 Å². The molecular weight excluding hydrogens is 268 g/mol. The molecule has 5 heteroatoms. The fraction of sp³-hybridized carbons (Fsp3) is 0.125. The standard InChI is InChI=1S/C16H16N2O3/c1-10-5-6-14(17)13(7-10)16(20)21-9-11-3-2-4-12(8-11)15(18)19/h2-8H,9,17H2,1H3,(H2,18,19). The lowest BCUT2D eigenvalue weighted by Gasteiger charge is -2.08. The Morgan fingerprint density at radius 1 is 1.14 bits per heavy atom. The van der Waals surface area contributed by atoms with Crippen molar-refractivity contribution < 1.29 is 14.3 Å². The Kier molecular flexibility index (Phi) is 4.23. The van der Waals surface area contributed by atoms with Gasteiger partial charge in [-0.2, -0.15) is 0 Å². The zero-order valence-corrected chi connectivity index (χ0v) is 11.6. The van der Waals surface area contributed by atoms with E-state index in [1.54, 1.807) is 36.4 Å². The van der Waals surface area contributed by atoms with Crippen LogP contribution in [0.1, 0.15) is 31.8 Å². The fourth-order valence-corrected chi connectivity index (χ4v) is 1.89. The molecule has 21 heavy (non-hydrogen) atoms. The van der Waals surface area contributed by atoms with Gasteiger partial charge in [0.2, 0.25) is 5.91 Å². The number of nitrogens with two attached hydrogens (primary N) is 2. The molecule has 0 atom stereocenters. The first-order valence-electron chi connectivity index (χ1n) is 6.39. The van der Waals surface area contributed by atoms with Gasteiger partial charge in [0.25, 0.3) is 0 Å². The van der Waals surface area contributed by atoms with Crippen molar-refractivity contribution in [3.63, 3.8) is 0 Å². The number of rotatable bonds is 4. The maximum absolute atomic E-state index is 12.0. The van der Waals surface area contributed by atoms with Gasteiger partial charge >= 0.3 is 5.97 Å². The molecule has 0 aliphatic carbocycles. The molecule has 2 rings (SSSR count). The second-order valence-electron chi connectivity index (χ2n) is 4.73. The Hall–Kier alpha value is -2.82. The number of nitrogen functional groups attached to an aromatic ring is 1. The van der Waals surface area contributed by atoms with Crippen molar-refractivity contribution in [1.29, 1.82) is 0 Å². The number of amides is 1. The molecular formula is C16H16N2O3. The van der Waals surface area contributed by atoms with E-state index < -0.39 is 11.9 Å². The average Bonchev–Trinajstić information content (AvgIpc) is 2.47. The van der Waals surface area contributed by atoms with Crippen LogP contribution in [0.3, 0.4) is 0 Å². The number of hydrogen-bond acceptors (Lipinski definition) is 4. The molecule has 0 fully saturated rings. The number of esters is 1. The first-order valence-corrected chi connectivity index (χ1v) is 6.39. The van der Waals surface area contributed by atoms with Crippen LogP contribution in [0.2, 0.25) is 0 Å². The van der Waals surface area contributed by atoms with Gasteiger partial charge in [-0.15, -0.1) is 0 Å². The van der Waals surface area contributed by atoms with Crippen LogP contribution in [-0.2, 0) is 11.3 Å². The number of ether oxygens (including phenoxy) is 1. The van der Waals surface area contributed by atoms with Crippen molar-refractivity contribution in [2.24, 2.45) is 5.73 Å². The van der Waals surface area contributed by atoms with Crippen molar-refractivity contribution in [3.05, 3.63) is 64.7 Å². The van der Waals surface area contributed by atoms with Crippen LogP contribution in [0.25, 0.3) is 0 Å². The summed E-state index contributed by atoms with van der Waals surface area (Å²) in [6.07, 6.45) is 0. The quantitative estimate of drug-likeness (QED) is 0.663. The predicted octanol–water partition coefficient (Wildman–Crippen LogP) is 2.03. The van der Waals surface area contributed by atoms with Crippen LogP contribution in [-0.4, -0.2) is 11.9 Å². The molecule has 1 amide bonds. The summed E-state index contributed by atoms with van der Waals surface area (Å²) in [4.78, 5) is 23.1. The molecule has 5 nitrogen and oxygen atoms in total. The Morgan fingerprint density at radius 3 is 2.62 bits per heavy atom. The highest BCUT2D eigenvalue weighted by Crippen LogP contribution is 2.16. The molecule has 0 aromatic heterocycles. The van der Waals surface area contributed by atoms with Crippen molar-refractivity contribution in [2.45, 2.75) is 13.5 Å². The number of hydrogen-bond donors (Lipinski definition) is 2. The summed E-state index contributed by atoms with van der Waals surface area (Å²) in [6.45, 7) is 1.92. The lowest BCUT2D eigenvalue weighted by atomic mass is 10.1. The van der Waals surface area contributed by atoms with E-state index >= 15 is 0 Å². The highest BCUT2D eigenvalue weighted by Gasteiger charge is 2.12. The van der Waals surface area contributed by atoms with Crippen molar-refractivity contribution in [3.8, 4) is 0 Å². The van der Waals surface area contributed by atoms with Crippen LogP contribution in [0, 0.1) is 6.92 Å². The van der Waals surface area contributed by atoms with Gasteiger partial charge in [-0.05, 0) is 36.8 Å². The zero-order valence-electron chi connectivity index (χ0n) is 11.6. The maximum atomic E-state index is 12.0. The third-order valence-electron chi connectivity index (χ3n) is 3.01. The predicted molar refractivity (Wildman–Crippen MR) is 79.7 cm³/mol. The topological polar surface area (TPSA) is 95.4 Å². The number of primary amides is 1. The van der Waals surface area contributed by atoms with Gasteiger partial charge in [-0.25, -0.2) is 4.79 Å². The first-order chi connectivity index (χ1) is 9.97. The number of carbonyl (C=O) groups is 2. The molecule has 0 radical (unpaired) electrons. The molecule has 0 heterocycles. The van der Waals surface area contributed by atoms with Gasteiger partial charge in [0.1, 0.15) is 6.61 Å². The smallest absolute Gasteiger partial charge is 0.340 e. The van der Waals surface area contributed by atoms with Gasteiger partial charge in [-0.3, -0.25) is 4.79 Å². The van der Waals surface area contributed by atoms with E-state index in [0.717, 1.165) is 5.56 Å². The van der Waals surface area contributed by atoms with Crippen LogP contribution in [0.4, 0.5) is 5.69 Å². The first kappa shape index (κ1) is 14.6. The average molecular weight is 284 g/mol. The summed E-state index contributed by atoms with van der Waals surface area (Å²) in [5.41, 5.74) is 13.7. The third-order valence-corrected chi connectivity index (χ3v) is 3.01. The van der Waals surface area contributed by atoms with Gasteiger partial charge in [0.15, 0.2) is 0 Å². The van der Waals surface area contributed by atoms with Crippen molar-refractivity contribution in [2.75, 3.05) is 5.73 Å². The minimum atomic E-state index is -0.522. The summed E-state index contributed by atoms with van der Waals surface area (Å²) in [5, 5.41) is 0. The summed E-state index contributed by atoms with van der Waals surface area (Å²) in [7, 11) is 0. The Labute approximate surface area is 122 Å². The molecule has 0 spiro atoms. The van der Waals surface area contributed by atoms with Crippen LogP contribution >= 0.6 is 0 Å². The van der Waals surface area contributed by atoms with Gasteiger partial charge < -0.3 is 16.2 Å². The van der Waals surface area contributed by atoms with E-state index in [1.165, 1.54) is 0 Å². The molecule has 2 aromatic carbocycles. The fourth-order valence-electron chi connectivity index (χ4n) is 1.89. The molecule has 4 N–H and O–H groups in total. The Bertz CT molecular complexity index is 696. The number of anilines is 1. The largest absolute Gasteiger partial charge is 0.457 e. The minimum Gasteiger partial charge on any atom is -0.457 e. The molecule has 2 aromatic rings. The van der Waals surface area contributed by atoms with E-state index in [-0.39, 0.29) is 6.61 Å². The van der Waals surface area contributed by atoms with E-state index in [9.17, 15) is 9.59 Å². The molecule has 0 unspecified atom stereocenters. The summed E-state index contributed by atoms with van der Waals surface area (Å²) in [6, 6.07) is 11.8. The zero-order chi connectivity index (χ0) is 15.4. The van der Waals surface area contributed by atoms with Crippen molar-refractivity contribution in [1.82, 2.24) is 0 Å². The van der Waals surface area contributed by atoms with E-state index in [0.29, 0.717) is 22.4 Å². The highest BCUT2D eigenvalue weighted by molar-refractivity contribution is 5.95. The SMILES string of the molecule is Cc1ccc(N)c(C(=O)OCc2cccc(C(N)=O)c2)c1. The highest BCUT2D eigenvalue weighted by atomic mass is 16.5. The number of benzene rings is 2. The Balaban J connectivity index is 2.09. The molecule has 0 bridgehead atoms. The third kappa shape index (κ3) is 3.60. The maximum Gasteiger partial charge on any atom is 0.340 e. The molecule has 108 valence electrons. The van der Waals surface area contributed by atoms with E-state index in [2.05, 4.69) is 0 Å². The van der Waals surface area contributed by atoms with E-state index in [1.807, 2.05) is 13.0 Å².